The number of halogens is 8. The van der Waals surface area contributed by atoms with E-state index in [1.165, 1.54) is 0 Å². The molecule has 0 aromatic heterocycles. The van der Waals surface area contributed by atoms with Crippen LogP contribution in [0.5, 0.6) is 0 Å². The van der Waals surface area contributed by atoms with Gasteiger partial charge in [-0.15, -0.1) is 23.2 Å². The van der Waals surface area contributed by atoms with Gasteiger partial charge in [0.15, 0.2) is 0 Å². The number of alkyl halides is 5. The predicted octanol–water partition coefficient (Wildman–Crippen LogP) is 7.23. The molecule has 0 heterocycles. The molecule has 3 rings (SSSR count). The molecule has 1 saturated carbocycles. The average Bonchev–Trinajstić information content (AvgIpc) is 3.30. The van der Waals surface area contributed by atoms with E-state index in [9.17, 15) is 18.0 Å². The molecule has 0 radical (unpaired) electrons. The summed E-state index contributed by atoms with van der Waals surface area (Å²) in [7, 11) is 0. The smallest absolute Gasteiger partial charge is 0.372 e. The monoisotopic (exact) mass is 576 g/mol. The van der Waals surface area contributed by atoms with Gasteiger partial charge in [0.1, 0.15) is 10.9 Å². The Bertz CT molecular complexity index is 1020. The van der Waals surface area contributed by atoms with Crippen LogP contribution in [0.2, 0.25) is 15.1 Å². The first-order valence-corrected chi connectivity index (χ1v) is 12.1. The minimum absolute atomic E-state index is 0.0185. The number of rotatable bonds is 10. The Morgan fingerprint density at radius 1 is 1.06 bits per heavy atom. The molecule has 2 N–H and O–H groups in total. The molecule has 2 aromatic carbocycles. The van der Waals surface area contributed by atoms with Crippen molar-refractivity contribution < 1.29 is 22.7 Å². The van der Waals surface area contributed by atoms with Gasteiger partial charge in [-0.2, -0.15) is 13.2 Å². The lowest BCUT2D eigenvalue weighted by Crippen LogP contribution is -2.20. The first-order valence-electron chi connectivity index (χ1n) is 10.2. The summed E-state index contributed by atoms with van der Waals surface area (Å²) in [6, 6.07) is 9.90. The Balaban J connectivity index is 1.54. The van der Waals surface area contributed by atoms with E-state index < -0.39 is 29.0 Å². The average molecular weight is 579 g/mol. The van der Waals surface area contributed by atoms with Crippen LogP contribution in [-0.2, 0) is 16.1 Å². The number of amides is 1. The minimum atomic E-state index is -4.33. The second-order valence-corrected chi connectivity index (χ2v) is 10.6. The van der Waals surface area contributed by atoms with Gasteiger partial charge in [0, 0.05) is 39.8 Å². The van der Waals surface area contributed by atoms with Gasteiger partial charge < -0.3 is 15.4 Å². The third kappa shape index (κ3) is 7.53. The molecule has 1 fully saturated rings. The SMILES string of the molecule is O=C(Nc1ccc(Cl)c(CNCCCOCC(F)(F)F)c1)C1C(c2cc(Cl)cc(Cl)c2)C1(Cl)Cl. The molecule has 1 aliphatic rings. The molecule has 34 heavy (non-hydrogen) atoms. The molecule has 1 aliphatic carbocycles. The lowest BCUT2D eigenvalue weighted by molar-refractivity contribution is -0.173. The van der Waals surface area contributed by atoms with Gasteiger partial charge in [-0.05, 0) is 60.5 Å². The molecule has 0 bridgehead atoms. The molecule has 4 nitrogen and oxygen atoms in total. The van der Waals surface area contributed by atoms with Crippen molar-refractivity contribution in [2.24, 2.45) is 5.92 Å². The maximum atomic E-state index is 12.9. The predicted molar refractivity (Wildman–Crippen MR) is 130 cm³/mol. The largest absolute Gasteiger partial charge is 0.411 e. The minimum Gasteiger partial charge on any atom is -0.372 e. The van der Waals surface area contributed by atoms with Crippen LogP contribution >= 0.6 is 58.0 Å². The van der Waals surface area contributed by atoms with Crippen LogP contribution < -0.4 is 10.6 Å². The van der Waals surface area contributed by atoms with Crippen LogP contribution in [0, 0.1) is 5.92 Å². The van der Waals surface area contributed by atoms with Crippen molar-refractivity contribution >= 4 is 69.6 Å². The van der Waals surface area contributed by atoms with Gasteiger partial charge in [0.2, 0.25) is 5.91 Å². The summed E-state index contributed by atoms with van der Waals surface area (Å²) in [6.45, 7) is -0.504. The van der Waals surface area contributed by atoms with Crippen molar-refractivity contribution in [2.45, 2.75) is 29.4 Å². The summed E-state index contributed by atoms with van der Waals surface area (Å²) in [5.41, 5.74) is 1.87. The first kappa shape index (κ1) is 27.7. The summed E-state index contributed by atoms with van der Waals surface area (Å²) >= 11 is 31.1. The topological polar surface area (TPSA) is 50.4 Å². The highest BCUT2D eigenvalue weighted by Crippen LogP contribution is 2.65. The van der Waals surface area contributed by atoms with Gasteiger partial charge in [-0.3, -0.25) is 4.79 Å². The second kappa shape index (κ2) is 11.4. The molecule has 186 valence electrons. The number of nitrogens with one attached hydrogen (secondary N) is 2. The van der Waals surface area contributed by atoms with Crippen LogP contribution in [-0.4, -0.2) is 36.2 Å². The van der Waals surface area contributed by atoms with E-state index in [2.05, 4.69) is 15.4 Å². The zero-order valence-corrected chi connectivity index (χ0v) is 21.3. The maximum absolute atomic E-state index is 12.9. The first-order chi connectivity index (χ1) is 15.9. The molecule has 1 amide bonds. The third-order valence-electron chi connectivity index (χ3n) is 5.12. The van der Waals surface area contributed by atoms with Crippen LogP contribution in [0.15, 0.2) is 36.4 Å². The van der Waals surface area contributed by atoms with E-state index in [0.717, 1.165) is 0 Å². The van der Waals surface area contributed by atoms with Crippen molar-refractivity contribution in [1.82, 2.24) is 5.32 Å². The quantitative estimate of drug-likeness (QED) is 0.231. The third-order valence-corrected chi connectivity index (χ3v) is 6.86. The molecular formula is C22H20Cl5F3N2O2. The number of carbonyl (C=O) groups excluding carboxylic acids is 1. The highest BCUT2D eigenvalue weighted by atomic mass is 35.5. The number of ether oxygens (including phenoxy) is 1. The van der Waals surface area contributed by atoms with Gasteiger partial charge in [-0.25, -0.2) is 0 Å². The lowest BCUT2D eigenvalue weighted by atomic mass is 10.1. The highest BCUT2D eigenvalue weighted by Gasteiger charge is 2.67. The summed E-state index contributed by atoms with van der Waals surface area (Å²) in [6.07, 6.45) is -3.94. The summed E-state index contributed by atoms with van der Waals surface area (Å²) < 4.78 is 39.4. The molecular weight excluding hydrogens is 559 g/mol. The van der Waals surface area contributed by atoms with Gasteiger partial charge in [0.05, 0.1) is 5.92 Å². The fraction of sp³-hybridized carbons (Fsp3) is 0.409. The lowest BCUT2D eigenvalue weighted by Gasteiger charge is -2.11. The Labute approximate surface area is 220 Å². The molecule has 2 unspecified atom stereocenters. The molecule has 0 aliphatic heterocycles. The van der Waals surface area contributed by atoms with Gasteiger partial charge in [-0.1, -0.05) is 34.8 Å². The Hall–Kier alpha value is -0.930. The number of hydrogen-bond donors (Lipinski definition) is 2. The maximum Gasteiger partial charge on any atom is 0.411 e. The Morgan fingerprint density at radius 2 is 1.74 bits per heavy atom. The van der Waals surface area contributed by atoms with E-state index in [0.29, 0.717) is 51.4 Å². The van der Waals surface area contributed by atoms with Crippen LogP contribution in [0.3, 0.4) is 0 Å². The van der Waals surface area contributed by atoms with E-state index in [4.69, 9.17) is 58.0 Å². The van der Waals surface area contributed by atoms with Gasteiger partial charge >= 0.3 is 6.18 Å². The highest BCUT2D eigenvalue weighted by molar-refractivity contribution is 6.53. The second-order valence-electron chi connectivity index (χ2n) is 7.83. The number of anilines is 1. The normalized spacial score (nSPS) is 19.2. The summed E-state index contributed by atoms with van der Waals surface area (Å²) in [5, 5.41) is 7.19. The van der Waals surface area contributed by atoms with Crippen molar-refractivity contribution in [3.05, 3.63) is 62.6 Å². The van der Waals surface area contributed by atoms with Crippen LogP contribution in [0.4, 0.5) is 18.9 Å². The zero-order chi connectivity index (χ0) is 25.1. The number of hydrogen-bond acceptors (Lipinski definition) is 3. The van der Waals surface area contributed by atoms with Crippen molar-refractivity contribution in [3.63, 3.8) is 0 Å². The fourth-order valence-electron chi connectivity index (χ4n) is 3.54. The Kier molecular flexibility index (Phi) is 9.29. The standard InChI is InChI=1S/C22H20Cl5F3N2O2/c23-14-6-12(7-15(24)9-14)18-19(22(18,26)27)20(33)32-16-2-3-17(25)13(8-16)10-31-4-1-5-34-11-21(28,29)30/h2-3,6-9,18-19,31H,1,4-5,10-11H2,(H,32,33). The van der Waals surface area contributed by atoms with Gasteiger partial charge in [0.25, 0.3) is 0 Å². The molecule has 0 spiro atoms. The zero-order valence-electron chi connectivity index (χ0n) is 17.5. The van der Waals surface area contributed by atoms with E-state index >= 15 is 0 Å². The molecule has 0 saturated heterocycles. The van der Waals surface area contributed by atoms with Crippen molar-refractivity contribution in [3.8, 4) is 0 Å². The summed E-state index contributed by atoms with van der Waals surface area (Å²) in [5.74, 6) is -1.55. The van der Waals surface area contributed by atoms with Crippen LogP contribution in [0.25, 0.3) is 0 Å². The fourth-order valence-corrected chi connectivity index (χ4v) is 5.10. The van der Waals surface area contributed by atoms with E-state index in [1.54, 1.807) is 36.4 Å². The molecule has 2 atom stereocenters. The summed E-state index contributed by atoms with van der Waals surface area (Å²) in [4.78, 5) is 12.9. The number of carbonyl (C=O) groups is 1. The number of benzene rings is 2. The Morgan fingerprint density at radius 3 is 2.38 bits per heavy atom. The van der Waals surface area contributed by atoms with E-state index in [-0.39, 0.29) is 12.5 Å². The van der Waals surface area contributed by atoms with Crippen molar-refractivity contribution in [1.29, 1.82) is 0 Å². The molecule has 12 heteroatoms. The van der Waals surface area contributed by atoms with Crippen molar-refractivity contribution in [2.75, 3.05) is 25.1 Å². The molecule has 2 aromatic rings. The van der Waals surface area contributed by atoms with Crippen LogP contribution in [0.1, 0.15) is 23.5 Å². The van der Waals surface area contributed by atoms with E-state index in [1.807, 2.05) is 0 Å².